The molecule has 6 nitrogen and oxygen atoms in total. The molecular formula is C17H15FN2O4. The van der Waals surface area contributed by atoms with E-state index in [-0.39, 0.29) is 30.8 Å². The summed E-state index contributed by atoms with van der Waals surface area (Å²) < 4.78 is 23.3. The van der Waals surface area contributed by atoms with Gasteiger partial charge in [0.2, 0.25) is 0 Å². The molecule has 0 aliphatic carbocycles. The van der Waals surface area contributed by atoms with E-state index >= 15 is 0 Å². The van der Waals surface area contributed by atoms with Crippen LogP contribution in [0.3, 0.4) is 0 Å². The van der Waals surface area contributed by atoms with Gasteiger partial charge in [-0.15, -0.1) is 0 Å². The van der Waals surface area contributed by atoms with Gasteiger partial charge in [-0.3, -0.25) is 9.59 Å². The maximum atomic E-state index is 12.8. The largest absolute Gasteiger partial charge is 0.484 e. The number of hydrogen-bond donors (Lipinski definition) is 2. The maximum absolute atomic E-state index is 12.8. The van der Waals surface area contributed by atoms with E-state index in [2.05, 4.69) is 10.6 Å². The van der Waals surface area contributed by atoms with Crippen LogP contribution in [0.15, 0.2) is 42.5 Å². The minimum absolute atomic E-state index is 0.0195. The topological polar surface area (TPSA) is 76.7 Å². The van der Waals surface area contributed by atoms with E-state index in [1.807, 2.05) is 0 Å². The quantitative estimate of drug-likeness (QED) is 0.877. The molecule has 0 atom stereocenters. The molecule has 0 saturated carbocycles. The van der Waals surface area contributed by atoms with Gasteiger partial charge in [0.1, 0.15) is 17.3 Å². The third kappa shape index (κ3) is 4.01. The number of nitrogens with one attached hydrogen (secondary N) is 2. The van der Waals surface area contributed by atoms with E-state index in [0.29, 0.717) is 23.7 Å². The van der Waals surface area contributed by atoms with Gasteiger partial charge in [-0.2, -0.15) is 0 Å². The fourth-order valence-electron chi connectivity index (χ4n) is 2.16. The molecule has 0 bridgehead atoms. The van der Waals surface area contributed by atoms with Gasteiger partial charge in [0, 0.05) is 6.54 Å². The van der Waals surface area contributed by atoms with Crippen molar-refractivity contribution in [3.63, 3.8) is 0 Å². The van der Waals surface area contributed by atoms with Crippen molar-refractivity contribution in [1.82, 2.24) is 5.32 Å². The summed E-state index contributed by atoms with van der Waals surface area (Å²) in [5.41, 5.74) is 1.45. The molecule has 2 N–H and O–H groups in total. The highest BCUT2D eigenvalue weighted by Crippen LogP contribution is 2.28. The monoisotopic (exact) mass is 330 g/mol. The molecule has 0 radical (unpaired) electrons. The second-order valence-corrected chi connectivity index (χ2v) is 5.19. The summed E-state index contributed by atoms with van der Waals surface area (Å²) in [6, 6.07) is 10.7. The number of benzene rings is 2. The van der Waals surface area contributed by atoms with Gasteiger partial charge in [-0.25, -0.2) is 4.39 Å². The summed E-state index contributed by atoms with van der Waals surface area (Å²) in [6.45, 7) is 0.119. The van der Waals surface area contributed by atoms with E-state index < -0.39 is 0 Å². The van der Waals surface area contributed by atoms with Crippen LogP contribution in [0.2, 0.25) is 0 Å². The molecule has 0 aromatic heterocycles. The van der Waals surface area contributed by atoms with Crippen molar-refractivity contribution in [2.24, 2.45) is 0 Å². The Morgan fingerprint density at radius 1 is 1.25 bits per heavy atom. The number of amides is 2. The summed E-state index contributed by atoms with van der Waals surface area (Å²) in [5.74, 6) is 0.138. The molecule has 24 heavy (non-hydrogen) atoms. The molecule has 3 rings (SSSR count). The summed E-state index contributed by atoms with van der Waals surface area (Å²) in [5, 5.41) is 5.41. The minimum atomic E-state index is -0.363. The molecule has 2 amide bonds. The minimum Gasteiger partial charge on any atom is -0.484 e. The first-order valence-corrected chi connectivity index (χ1v) is 7.31. The summed E-state index contributed by atoms with van der Waals surface area (Å²) in [4.78, 5) is 23.0. The van der Waals surface area contributed by atoms with E-state index in [9.17, 15) is 14.0 Å². The van der Waals surface area contributed by atoms with Crippen LogP contribution in [-0.4, -0.2) is 25.0 Å². The van der Waals surface area contributed by atoms with Gasteiger partial charge < -0.3 is 20.1 Å². The Balaban J connectivity index is 1.49. The number of hydrogen-bond acceptors (Lipinski definition) is 4. The smallest absolute Gasteiger partial charge is 0.262 e. The van der Waals surface area contributed by atoms with Crippen molar-refractivity contribution < 1.29 is 23.5 Å². The van der Waals surface area contributed by atoms with Crippen LogP contribution in [0.1, 0.15) is 5.56 Å². The Labute approximate surface area is 137 Å². The Morgan fingerprint density at radius 2 is 2.04 bits per heavy atom. The lowest BCUT2D eigenvalue weighted by Gasteiger charge is -2.18. The summed E-state index contributed by atoms with van der Waals surface area (Å²) in [7, 11) is 0. The second kappa shape index (κ2) is 6.99. The molecule has 2 aromatic rings. The highest BCUT2D eigenvalue weighted by molar-refractivity contribution is 5.95. The van der Waals surface area contributed by atoms with Crippen molar-refractivity contribution in [1.29, 1.82) is 0 Å². The van der Waals surface area contributed by atoms with E-state index in [1.165, 1.54) is 24.3 Å². The van der Waals surface area contributed by atoms with Crippen molar-refractivity contribution in [2.45, 2.75) is 6.54 Å². The van der Waals surface area contributed by atoms with Gasteiger partial charge in [-0.1, -0.05) is 6.07 Å². The second-order valence-electron chi connectivity index (χ2n) is 5.19. The van der Waals surface area contributed by atoms with Crippen LogP contribution in [0.5, 0.6) is 11.5 Å². The van der Waals surface area contributed by atoms with Crippen LogP contribution >= 0.6 is 0 Å². The fraction of sp³-hybridized carbons (Fsp3) is 0.176. The summed E-state index contributed by atoms with van der Waals surface area (Å²) >= 11 is 0. The lowest BCUT2D eigenvalue weighted by atomic mass is 10.1. The fourth-order valence-corrected chi connectivity index (χ4v) is 2.16. The highest BCUT2D eigenvalue weighted by Gasteiger charge is 2.16. The third-order valence-corrected chi connectivity index (χ3v) is 3.35. The van der Waals surface area contributed by atoms with Crippen LogP contribution in [0, 0.1) is 5.82 Å². The number of rotatable bonds is 5. The Hall–Kier alpha value is -3.09. The number of carbonyl (C=O) groups excluding carboxylic acids is 2. The van der Waals surface area contributed by atoms with Gasteiger partial charge in [0.15, 0.2) is 13.2 Å². The molecule has 0 fully saturated rings. The highest BCUT2D eigenvalue weighted by atomic mass is 19.1. The average molecular weight is 330 g/mol. The number of carbonyl (C=O) groups is 2. The van der Waals surface area contributed by atoms with Crippen LogP contribution in [0.25, 0.3) is 0 Å². The van der Waals surface area contributed by atoms with Gasteiger partial charge in [0.05, 0.1) is 5.69 Å². The predicted octanol–water partition coefficient (Wildman–Crippen LogP) is 1.85. The Kier molecular flexibility index (Phi) is 4.60. The average Bonchev–Trinajstić information content (AvgIpc) is 2.59. The molecule has 7 heteroatoms. The van der Waals surface area contributed by atoms with Crippen LogP contribution in [0.4, 0.5) is 10.1 Å². The molecule has 1 aliphatic heterocycles. The molecule has 1 heterocycles. The maximum Gasteiger partial charge on any atom is 0.262 e. The standard InChI is InChI=1S/C17H15FN2O4/c18-12-2-4-13(5-3-12)23-9-16(21)19-8-11-1-6-14-15(7-11)24-10-17(22)20-14/h1-7H,8-10H2,(H,19,21)(H,20,22). The Bertz CT molecular complexity index is 762. The lowest BCUT2D eigenvalue weighted by Crippen LogP contribution is -2.29. The van der Waals surface area contributed by atoms with Crippen molar-refractivity contribution in [3.8, 4) is 11.5 Å². The molecular weight excluding hydrogens is 315 g/mol. The zero-order valence-corrected chi connectivity index (χ0v) is 12.7. The lowest BCUT2D eigenvalue weighted by molar-refractivity contribution is -0.123. The van der Waals surface area contributed by atoms with Crippen molar-refractivity contribution >= 4 is 17.5 Å². The molecule has 1 aliphatic rings. The number of fused-ring (bicyclic) bond motifs is 1. The first kappa shape index (κ1) is 15.8. The Morgan fingerprint density at radius 3 is 2.83 bits per heavy atom. The molecule has 0 unspecified atom stereocenters. The first-order valence-electron chi connectivity index (χ1n) is 7.31. The van der Waals surface area contributed by atoms with E-state index in [4.69, 9.17) is 9.47 Å². The first-order chi connectivity index (χ1) is 11.6. The number of anilines is 1. The molecule has 124 valence electrons. The SMILES string of the molecule is O=C(COc1ccc(F)cc1)NCc1ccc2c(c1)OCC(=O)N2. The molecule has 0 saturated heterocycles. The van der Waals surface area contributed by atoms with Crippen LogP contribution < -0.4 is 20.1 Å². The normalized spacial score (nSPS) is 12.6. The predicted molar refractivity (Wildman–Crippen MR) is 84.3 cm³/mol. The third-order valence-electron chi connectivity index (χ3n) is 3.35. The van der Waals surface area contributed by atoms with E-state index in [1.54, 1.807) is 18.2 Å². The van der Waals surface area contributed by atoms with E-state index in [0.717, 1.165) is 5.56 Å². The zero-order chi connectivity index (χ0) is 16.9. The molecule has 0 spiro atoms. The number of ether oxygens (including phenoxy) is 2. The van der Waals surface area contributed by atoms with Gasteiger partial charge in [-0.05, 0) is 42.0 Å². The van der Waals surface area contributed by atoms with Crippen LogP contribution in [-0.2, 0) is 16.1 Å². The zero-order valence-electron chi connectivity index (χ0n) is 12.7. The number of halogens is 1. The van der Waals surface area contributed by atoms with Crippen molar-refractivity contribution in [2.75, 3.05) is 18.5 Å². The molecule has 2 aromatic carbocycles. The van der Waals surface area contributed by atoms with Crippen molar-refractivity contribution in [3.05, 3.63) is 53.8 Å². The van der Waals surface area contributed by atoms with Gasteiger partial charge >= 0.3 is 0 Å². The van der Waals surface area contributed by atoms with Gasteiger partial charge in [0.25, 0.3) is 11.8 Å². The summed E-state index contributed by atoms with van der Waals surface area (Å²) in [6.07, 6.45) is 0.